The number of rotatable bonds is 2. The summed E-state index contributed by atoms with van der Waals surface area (Å²) in [5.74, 6) is -0.0224. The first-order valence-corrected chi connectivity index (χ1v) is 7.94. The molecule has 0 radical (unpaired) electrons. The van der Waals surface area contributed by atoms with Gasteiger partial charge in [-0.15, -0.1) is 0 Å². The normalized spacial score (nSPS) is 21.9. The van der Waals surface area contributed by atoms with Gasteiger partial charge in [0.05, 0.1) is 12.4 Å². The first kappa shape index (κ1) is 13.9. The molecule has 0 saturated carbocycles. The van der Waals surface area contributed by atoms with Crippen LogP contribution in [0.5, 0.6) is 0 Å². The van der Waals surface area contributed by atoms with Crippen LogP contribution in [0, 0.1) is 0 Å². The lowest BCUT2D eigenvalue weighted by molar-refractivity contribution is 0.108. The second kappa shape index (κ2) is 5.61. The highest BCUT2D eigenvalue weighted by atomic mass is 32.2. The Morgan fingerprint density at radius 3 is 2.68 bits per heavy atom. The predicted octanol–water partition coefficient (Wildman–Crippen LogP) is 1.61. The molecule has 1 atom stereocenters. The van der Waals surface area contributed by atoms with Gasteiger partial charge >= 0.3 is 6.09 Å². The molecule has 1 aliphatic heterocycles. The van der Waals surface area contributed by atoms with Crippen molar-refractivity contribution in [2.75, 3.05) is 25.4 Å². The Balaban J connectivity index is 2.22. The number of hydrogen-bond acceptors (Lipinski definition) is 4. The third-order valence-corrected chi connectivity index (χ3v) is 5.20. The first-order chi connectivity index (χ1) is 9.04. The second-order valence-corrected chi connectivity index (χ2v) is 6.71. The highest BCUT2D eigenvalue weighted by Gasteiger charge is 2.36. The quantitative estimate of drug-likeness (QED) is 0.827. The monoisotopic (exact) mass is 283 g/mol. The number of carbonyl (C=O) groups excluding carboxylic acids is 1. The lowest BCUT2D eigenvalue weighted by Gasteiger charge is -2.32. The molecule has 1 unspecified atom stereocenters. The van der Waals surface area contributed by atoms with E-state index in [0.29, 0.717) is 0 Å². The molecule has 0 bridgehead atoms. The molecule has 1 fully saturated rings. The lowest BCUT2D eigenvalue weighted by atomic mass is 10.1. The van der Waals surface area contributed by atoms with Gasteiger partial charge in [-0.25, -0.2) is 13.2 Å². The Labute approximate surface area is 113 Å². The Morgan fingerprint density at radius 2 is 2.05 bits per heavy atom. The summed E-state index contributed by atoms with van der Waals surface area (Å²) in [7, 11) is -3.21. The van der Waals surface area contributed by atoms with Crippen LogP contribution in [-0.4, -0.2) is 44.9 Å². The fourth-order valence-corrected chi connectivity index (χ4v) is 3.88. The summed E-state index contributed by atoms with van der Waals surface area (Å²) in [6, 6.07) is 8.98. The van der Waals surface area contributed by atoms with Gasteiger partial charge in [0.1, 0.15) is 5.25 Å². The van der Waals surface area contributed by atoms with E-state index < -0.39 is 21.2 Å². The molecular weight excluding hydrogens is 266 g/mol. The standard InChI is InChI=1S/C13H17NO4S/c1-2-18-13(15)14-8-9-19(16,17)12(10-14)11-6-4-3-5-7-11/h3-7,12H,2,8-10H2,1H3. The zero-order valence-electron chi connectivity index (χ0n) is 10.8. The van der Waals surface area contributed by atoms with Crippen molar-refractivity contribution in [3.05, 3.63) is 35.9 Å². The molecule has 1 saturated heterocycles. The van der Waals surface area contributed by atoms with Crippen LogP contribution in [0.2, 0.25) is 0 Å². The minimum absolute atomic E-state index is 0.0224. The molecule has 2 rings (SSSR count). The number of amides is 1. The molecule has 5 nitrogen and oxygen atoms in total. The summed E-state index contributed by atoms with van der Waals surface area (Å²) in [5, 5.41) is -0.660. The average molecular weight is 283 g/mol. The topological polar surface area (TPSA) is 63.7 Å². The fraction of sp³-hybridized carbons (Fsp3) is 0.462. The third-order valence-electron chi connectivity index (χ3n) is 3.16. The molecule has 6 heteroatoms. The van der Waals surface area contributed by atoms with Gasteiger partial charge in [-0.1, -0.05) is 30.3 Å². The summed E-state index contributed by atoms with van der Waals surface area (Å²) in [6.45, 7) is 2.38. The van der Waals surface area contributed by atoms with Gasteiger partial charge < -0.3 is 9.64 Å². The van der Waals surface area contributed by atoms with Gasteiger partial charge in [-0.05, 0) is 12.5 Å². The second-order valence-electron chi connectivity index (χ2n) is 4.41. The highest BCUT2D eigenvalue weighted by molar-refractivity contribution is 7.91. The van der Waals surface area contributed by atoms with Crippen LogP contribution in [0.3, 0.4) is 0 Å². The molecule has 1 aromatic rings. The smallest absolute Gasteiger partial charge is 0.409 e. The largest absolute Gasteiger partial charge is 0.450 e. The summed E-state index contributed by atoms with van der Waals surface area (Å²) in [5.41, 5.74) is 0.719. The van der Waals surface area contributed by atoms with Crippen molar-refractivity contribution >= 4 is 15.9 Å². The summed E-state index contributed by atoms with van der Waals surface area (Å²) < 4.78 is 29.2. The molecule has 104 valence electrons. The van der Waals surface area contributed by atoms with Crippen LogP contribution in [0.1, 0.15) is 17.7 Å². The van der Waals surface area contributed by atoms with Crippen molar-refractivity contribution < 1.29 is 17.9 Å². The molecule has 1 aromatic carbocycles. The van der Waals surface area contributed by atoms with E-state index in [9.17, 15) is 13.2 Å². The van der Waals surface area contributed by atoms with Crippen molar-refractivity contribution in [3.63, 3.8) is 0 Å². The third kappa shape index (κ3) is 3.07. The summed E-state index contributed by atoms with van der Waals surface area (Å²) in [4.78, 5) is 13.2. The molecule has 19 heavy (non-hydrogen) atoms. The maximum atomic E-state index is 12.1. The Morgan fingerprint density at radius 1 is 1.37 bits per heavy atom. The Bertz CT molecular complexity index is 541. The average Bonchev–Trinajstić information content (AvgIpc) is 2.39. The van der Waals surface area contributed by atoms with Gasteiger partial charge in [0.2, 0.25) is 0 Å². The molecular formula is C13H17NO4S. The molecule has 1 amide bonds. The van der Waals surface area contributed by atoms with Gasteiger partial charge in [-0.3, -0.25) is 0 Å². The minimum atomic E-state index is -3.21. The van der Waals surface area contributed by atoms with Crippen LogP contribution < -0.4 is 0 Å². The van der Waals surface area contributed by atoms with Crippen molar-refractivity contribution in [1.82, 2.24) is 4.90 Å². The number of ether oxygens (including phenoxy) is 1. The molecule has 0 aliphatic carbocycles. The van der Waals surface area contributed by atoms with E-state index in [4.69, 9.17) is 4.74 Å². The SMILES string of the molecule is CCOC(=O)N1CCS(=O)(=O)C(c2ccccc2)C1. The lowest BCUT2D eigenvalue weighted by Crippen LogP contribution is -2.45. The van der Waals surface area contributed by atoms with Gasteiger partial charge in [0, 0.05) is 13.1 Å². The number of benzene rings is 1. The van der Waals surface area contributed by atoms with Crippen molar-refractivity contribution in [3.8, 4) is 0 Å². The van der Waals surface area contributed by atoms with E-state index in [1.165, 1.54) is 4.90 Å². The molecule has 0 aromatic heterocycles. The highest BCUT2D eigenvalue weighted by Crippen LogP contribution is 2.28. The zero-order valence-corrected chi connectivity index (χ0v) is 11.6. The van der Waals surface area contributed by atoms with E-state index in [2.05, 4.69) is 0 Å². The van der Waals surface area contributed by atoms with E-state index >= 15 is 0 Å². The molecule has 1 heterocycles. The van der Waals surface area contributed by atoms with Crippen LogP contribution in [0.15, 0.2) is 30.3 Å². The molecule has 0 N–H and O–H groups in total. The van der Waals surface area contributed by atoms with Crippen LogP contribution >= 0.6 is 0 Å². The van der Waals surface area contributed by atoms with E-state index in [-0.39, 0.29) is 25.4 Å². The predicted molar refractivity (Wildman–Crippen MR) is 71.6 cm³/mol. The number of sulfone groups is 1. The Kier molecular flexibility index (Phi) is 4.09. The number of carbonyl (C=O) groups is 1. The van der Waals surface area contributed by atoms with Crippen molar-refractivity contribution in [2.45, 2.75) is 12.2 Å². The first-order valence-electron chi connectivity index (χ1n) is 6.23. The number of hydrogen-bond donors (Lipinski definition) is 0. The van der Waals surface area contributed by atoms with Gasteiger partial charge in [0.25, 0.3) is 0 Å². The van der Waals surface area contributed by atoms with Crippen LogP contribution in [0.25, 0.3) is 0 Å². The van der Waals surface area contributed by atoms with Gasteiger partial charge in [0.15, 0.2) is 9.84 Å². The summed E-state index contributed by atoms with van der Waals surface area (Å²) >= 11 is 0. The van der Waals surface area contributed by atoms with Crippen molar-refractivity contribution in [2.24, 2.45) is 0 Å². The molecule has 0 spiro atoms. The maximum absolute atomic E-state index is 12.1. The zero-order chi connectivity index (χ0) is 13.9. The minimum Gasteiger partial charge on any atom is -0.450 e. The maximum Gasteiger partial charge on any atom is 0.409 e. The summed E-state index contributed by atoms with van der Waals surface area (Å²) in [6.07, 6.45) is -0.446. The van der Waals surface area contributed by atoms with Crippen LogP contribution in [-0.2, 0) is 14.6 Å². The molecule has 1 aliphatic rings. The fourth-order valence-electron chi connectivity index (χ4n) is 2.15. The van der Waals surface area contributed by atoms with Crippen LogP contribution in [0.4, 0.5) is 4.79 Å². The number of nitrogens with zero attached hydrogens (tertiary/aromatic N) is 1. The van der Waals surface area contributed by atoms with E-state index in [1.54, 1.807) is 31.2 Å². The Hall–Kier alpha value is -1.56. The van der Waals surface area contributed by atoms with E-state index in [1.807, 2.05) is 6.07 Å². The van der Waals surface area contributed by atoms with E-state index in [0.717, 1.165) is 5.56 Å². The van der Waals surface area contributed by atoms with Crippen molar-refractivity contribution in [1.29, 1.82) is 0 Å². The van der Waals surface area contributed by atoms with Gasteiger partial charge in [-0.2, -0.15) is 0 Å².